The van der Waals surface area contributed by atoms with Gasteiger partial charge in [-0.1, -0.05) is 7.92 Å². The highest BCUT2D eigenvalue weighted by molar-refractivity contribution is 9.10. The number of aryl methyl sites for hydroxylation is 1. The predicted molar refractivity (Wildman–Crippen MR) is 184 cm³/mol. The van der Waals surface area contributed by atoms with Gasteiger partial charge >= 0.3 is 0 Å². The van der Waals surface area contributed by atoms with Crippen LogP contribution in [-0.4, -0.2) is 89.6 Å². The zero-order valence-electron chi connectivity index (χ0n) is 25.6. The lowest BCUT2D eigenvalue weighted by molar-refractivity contribution is 0.0375. The number of piperazine rings is 1. The smallest absolute Gasteiger partial charge is 0.229 e. The molecule has 0 saturated carbocycles. The average molecular weight is 677 g/mol. The Kier molecular flexibility index (Phi) is 8.31. The van der Waals surface area contributed by atoms with Gasteiger partial charge in [-0.2, -0.15) is 4.98 Å². The number of anilines is 5. The Labute approximate surface area is 268 Å². The molecule has 12 heteroatoms. The number of ether oxygens (including phenoxy) is 1. The van der Waals surface area contributed by atoms with Crippen molar-refractivity contribution in [1.29, 1.82) is 0 Å². The van der Waals surface area contributed by atoms with Crippen LogP contribution in [0.3, 0.4) is 0 Å². The van der Waals surface area contributed by atoms with Crippen LogP contribution in [0.1, 0.15) is 24.8 Å². The van der Waals surface area contributed by atoms with Gasteiger partial charge in [0.2, 0.25) is 5.95 Å². The van der Waals surface area contributed by atoms with Gasteiger partial charge in [0, 0.05) is 85.6 Å². The Hall–Kier alpha value is -3.11. The maximum absolute atomic E-state index is 5.87. The summed E-state index contributed by atoms with van der Waals surface area (Å²) in [6.07, 6.45) is 9.00. The first-order valence-electron chi connectivity index (χ1n) is 15.3. The van der Waals surface area contributed by atoms with E-state index in [0.717, 1.165) is 51.0 Å². The van der Waals surface area contributed by atoms with Crippen LogP contribution >= 0.6 is 23.9 Å². The lowest BCUT2D eigenvalue weighted by Gasteiger charge is -2.52. The number of fused-ring (bicyclic) bond motifs is 3. The minimum atomic E-state index is -0.460. The van der Waals surface area contributed by atoms with Gasteiger partial charge in [-0.3, -0.25) is 14.9 Å². The number of hydrogen-bond acceptors (Lipinski definition) is 10. The summed E-state index contributed by atoms with van der Waals surface area (Å²) in [4.78, 5) is 23.8. The number of benzene rings is 2. The van der Waals surface area contributed by atoms with Crippen LogP contribution in [-0.2, 0) is 0 Å². The van der Waals surface area contributed by atoms with E-state index in [2.05, 4.69) is 95.1 Å². The number of nitrogens with one attached hydrogen (secondary N) is 3. The van der Waals surface area contributed by atoms with E-state index in [1.807, 2.05) is 6.07 Å². The fourth-order valence-corrected chi connectivity index (χ4v) is 8.44. The SMILES string of the molecule is COc1cc(N2CCC(N3CC4CC(C3)N4)CC2)c(C)cc1Nc1ncc(Br)c(Nc2ccc3nccnc3c2P(C)C)n1. The Morgan fingerprint density at radius 3 is 2.48 bits per heavy atom. The number of aromatic nitrogens is 4. The largest absolute Gasteiger partial charge is 0.494 e. The first kappa shape index (κ1) is 29.6. The molecule has 0 radical (unpaired) electrons. The van der Waals surface area contributed by atoms with Gasteiger partial charge in [0.1, 0.15) is 11.6 Å². The summed E-state index contributed by atoms with van der Waals surface area (Å²) in [7, 11) is 1.26. The molecule has 10 nitrogen and oxygen atoms in total. The second-order valence-electron chi connectivity index (χ2n) is 12.2. The summed E-state index contributed by atoms with van der Waals surface area (Å²) in [5, 5.41) is 11.8. The van der Waals surface area contributed by atoms with E-state index in [9.17, 15) is 0 Å². The van der Waals surface area contributed by atoms with Crippen molar-refractivity contribution in [2.45, 2.75) is 44.3 Å². The third-order valence-corrected chi connectivity index (χ3v) is 11.0. The van der Waals surface area contributed by atoms with Crippen molar-refractivity contribution >= 4 is 69.0 Å². The van der Waals surface area contributed by atoms with Crippen LogP contribution in [0.5, 0.6) is 5.75 Å². The molecular formula is C32H39BrN9OP. The third kappa shape index (κ3) is 5.83. The second-order valence-corrected chi connectivity index (χ2v) is 15.3. The normalized spacial score (nSPS) is 20.5. The second kappa shape index (κ2) is 12.4. The average Bonchev–Trinajstić information content (AvgIpc) is 3.02. The highest BCUT2D eigenvalue weighted by Gasteiger charge is 2.39. The summed E-state index contributed by atoms with van der Waals surface area (Å²) in [6.45, 7) is 11.2. The zero-order chi connectivity index (χ0) is 30.4. The molecule has 0 aliphatic carbocycles. The number of hydrogen-bond donors (Lipinski definition) is 3. The summed E-state index contributed by atoms with van der Waals surface area (Å²) in [6, 6.07) is 10.5. The molecule has 2 unspecified atom stereocenters. The number of methoxy groups -OCH3 is 1. The Bertz CT molecular complexity index is 1660. The van der Waals surface area contributed by atoms with Crippen molar-refractivity contribution in [2.24, 2.45) is 0 Å². The van der Waals surface area contributed by atoms with Crippen molar-refractivity contribution in [3.05, 3.63) is 52.9 Å². The van der Waals surface area contributed by atoms with E-state index in [4.69, 9.17) is 9.72 Å². The van der Waals surface area contributed by atoms with Gasteiger partial charge in [0.25, 0.3) is 0 Å². The molecule has 3 N–H and O–H groups in total. The van der Waals surface area contributed by atoms with Crippen molar-refractivity contribution in [3.8, 4) is 5.75 Å². The molecule has 0 spiro atoms. The predicted octanol–water partition coefficient (Wildman–Crippen LogP) is 5.37. The molecular weight excluding hydrogens is 637 g/mol. The molecule has 44 heavy (non-hydrogen) atoms. The molecule has 2 atom stereocenters. The number of piperidine rings is 2. The first-order valence-corrected chi connectivity index (χ1v) is 18.3. The molecule has 2 aromatic carbocycles. The summed E-state index contributed by atoms with van der Waals surface area (Å²) in [5.41, 5.74) is 6.04. The fraction of sp³-hybridized carbons (Fsp3) is 0.438. The Morgan fingerprint density at radius 1 is 1.00 bits per heavy atom. The molecule has 4 saturated heterocycles. The topological polar surface area (TPSA) is 103 Å². The van der Waals surface area contributed by atoms with Crippen LogP contribution in [0.25, 0.3) is 11.0 Å². The van der Waals surface area contributed by atoms with Crippen molar-refractivity contribution in [1.82, 2.24) is 30.2 Å². The molecule has 0 amide bonds. The standard InChI is InChI=1S/C32H39BrN9OP/c1-19-13-26(28(43-2)15-27(19)41-11-7-22(8-12-41)42-17-20-14-21(18-42)37-20)39-32-36-16-23(33)31(40-32)38-25-6-5-24-29(30(25)44(3)4)35-10-9-34-24/h5-6,9-10,13,15-16,20-22,37H,7-8,11-12,14,17-18H2,1-4H3,(H2,36,38,39,40). The van der Waals surface area contributed by atoms with Crippen LogP contribution in [0.4, 0.5) is 28.8 Å². The van der Waals surface area contributed by atoms with Crippen LogP contribution in [0.2, 0.25) is 0 Å². The van der Waals surface area contributed by atoms with Gasteiger partial charge in [-0.15, -0.1) is 0 Å². The van der Waals surface area contributed by atoms with E-state index in [0.29, 0.717) is 29.9 Å². The molecule has 2 bridgehead atoms. The lowest BCUT2D eigenvalue weighted by Crippen LogP contribution is -2.68. The number of rotatable bonds is 8. The van der Waals surface area contributed by atoms with Gasteiger partial charge in [0.05, 0.1) is 28.3 Å². The van der Waals surface area contributed by atoms with E-state index in [-0.39, 0.29) is 0 Å². The number of nitrogens with zero attached hydrogens (tertiary/aromatic N) is 6. The van der Waals surface area contributed by atoms with Crippen molar-refractivity contribution in [2.75, 3.05) is 62.2 Å². The van der Waals surface area contributed by atoms with E-state index in [1.165, 1.54) is 43.6 Å². The van der Waals surface area contributed by atoms with E-state index < -0.39 is 7.92 Å². The van der Waals surface area contributed by atoms with E-state index >= 15 is 0 Å². The third-order valence-electron chi connectivity index (χ3n) is 9.09. The lowest BCUT2D eigenvalue weighted by atomic mass is 9.88. The molecule has 230 valence electrons. The number of halogens is 1. The van der Waals surface area contributed by atoms with Crippen LogP contribution < -0.4 is 30.9 Å². The summed E-state index contributed by atoms with van der Waals surface area (Å²) in [5.74, 6) is 1.92. The minimum Gasteiger partial charge on any atom is -0.494 e. The summed E-state index contributed by atoms with van der Waals surface area (Å²) >= 11 is 3.64. The molecule has 4 aliphatic rings. The highest BCUT2D eigenvalue weighted by atomic mass is 79.9. The van der Waals surface area contributed by atoms with E-state index in [1.54, 1.807) is 25.7 Å². The highest BCUT2D eigenvalue weighted by Crippen LogP contribution is 2.38. The maximum atomic E-state index is 5.87. The molecule has 2 aromatic heterocycles. The molecule has 4 aliphatic heterocycles. The fourth-order valence-electron chi connectivity index (χ4n) is 6.94. The quantitative estimate of drug-likeness (QED) is 0.211. The maximum Gasteiger partial charge on any atom is 0.229 e. The molecule has 6 heterocycles. The Morgan fingerprint density at radius 2 is 1.75 bits per heavy atom. The first-order chi connectivity index (χ1) is 21.4. The van der Waals surface area contributed by atoms with Gasteiger partial charge in [0.15, 0.2) is 0 Å². The minimum absolute atomic E-state index is 0.460. The summed E-state index contributed by atoms with van der Waals surface area (Å²) < 4.78 is 6.64. The molecule has 4 fully saturated rings. The van der Waals surface area contributed by atoms with Crippen molar-refractivity contribution < 1.29 is 4.74 Å². The van der Waals surface area contributed by atoms with Crippen LogP contribution in [0.15, 0.2) is 47.3 Å². The van der Waals surface area contributed by atoms with Crippen molar-refractivity contribution in [3.63, 3.8) is 0 Å². The molecule has 8 rings (SSSR count). The van der Waals surface area contributed by atoms with Gasteiger partial charge in [-0.25, -0.2) is 4.98 Å². The van der Waals surface area contributed by atoms with Crippen LogP contribution in [0, 0.1) is 6.92 Å². The monoisotopic (exact) mass is 675 g/mol. The Balaban J connectivity index is 1.08. The molecule has 4 aromatic rings. The van der Waals surface area contributed by atoms with Gasteiger partial charge in [-0.05, 0) is 79.2 Å². The zero-order valence-corrected chi connectivity index (χ0v) is 28.1. The van der Waals surface area contributed by atoms with Gasteiger partial charge < -0.3 is 25.6 Å².